The Morgan fingerprint density at radius 3 is 2.00 bits per heavy atom. The summed E-state index contributed by atoms with van der Waals surface area (Å²) in [5.74, 6) is 0. The molecule has 0 spiro atoms. The molecule has 0 amide bonds. The molecule has 5 aromatic rings. The van der Waals surface area contributed by atoms with E-state index in [1.165, 1.54) is 0 Å². The van der Waals surface area contributed by atoms with E-state index in [-0.39, 0.29) is 51.0 Å². The van der Waals surface area contributed by atoms with Gasteiger partial charge >= 0.3 is 7.12 Å². The van der Waals surface area contributed by atoms with Gasteiger partial charge in [0, 0.05) is 16.5 Å². The van der Waals surface area contributed by atoms with Crippen LogP contribution in [-0.4, -0.2) is 22.9 Å². The number of benzene rings is 4. The molecular weight excluding hydrogens is 417 g/mol. The van der Waals surface area contributed by atoms with Crippen molar-refractivity contribution in [1.82, 2.24) is 4.57 Å². The van der Waals surface area contributed by atoms with Gasteiger partial charge in [0.25, 0.3) is 0 Å². The van der Waals surface area contributed by atoms with E-state index in [9.17, 15) is 2.74 Å². The molecular formula is C30H28BNO2. The molecule has 1 fully saturated rings. The lowest BCUT2D eigenvalue weighted by molar-refractivity contribution is 0.00578. The first kappa shape index (κ1) is 12.4. The minimum Gasteiger partial charge on any atom is -0.399 e. The second-order valence-electron chi connectivity index (χ2n) is 9.25. The SMILES string of the molecule is [2H]c1c([2H])c([2H])c(-n2c3c([2H])c(B4OC(C)(C)C(C)(C)O4)c([2H])c([2H])c3c3c([2H])c([2H])c(-c4ccccc4)c([2H])c32)c([2H])c1[2H]. The summed E-state index contributed by atoms with van der Waals surface area (Å²) in [6, 6.07) is 3.03. The highest BCUT2D eigenvalue weighted by molar-refractivity contribution is 6.62. The van der Waals surface area contributed by atoms with Crippen LogP contribution in [0.4, 0.5) is 0 Å². The van der Waals surface area contributed by atoms with Crippen LogP contribution in [-0.2, 0) is 9.31 Å². The number of para-hydroxylation sites is 1. The summed E-state index contributed by atoms with van der Waals surface area (Å²) in [5, 5.41) is -0.238. The van der Waals surface area contributed by atoms with Crippen LogP contribution in [0.2, 0.25) is 0 Å². The molecule has 1 aromatic heterocycles. The molecule has 1 aliphatic rings. The first-order chi connectivity index (χ1) is 20.9. The van der Waals surface area contributed by atoms with E-state index in [2.05, 4.69) is 0 Å². The fraction of sp³-hybridized carbons (Fsp3) is 0.200. The van der Waals surface area contributed by atoms with Gasteiger partial charge in [0.05, 0.1) is 37.3 Å². The predicted octanol–water partition coefficient (Wildman–Crippen LogP) is 6.75. The molecule has 0 bridgehead atoms. The number of hydrogen-bond donors (Lipinski definition) is 0. The fourth-order valence-electron chi connectivity index (χ4n) is 4.02. The van der Waals surface area contributed by atoms with E-state index in [1.54, 1.807) is 58.0 Å². The van der Waals surface area contributed by atoms with Gasteiger partial charge in [-0.3, -0.25) is 0 Å². The number of nitrogens with zero attached hydrogens (tertiary/aromatic N) is 1. The average molecular weight is 456 g/mol. The molecule has 1 aliphatic heterocycles. The number of rotatable bonds is 3. The maximum Gasteiger partial charge on any atom is 0.494 e. The Hall–Kier alpha value is -3.34. The van der Waals surface area contributed by atoms with Crippen LogP contribution in [0.25, 0.3) is 38.6 Å². The van der Waals surface area contributed by atoms with Crippen LogP contribution < -0.4 is 5.46 Å². The number of fused-ring (bicyclic) bond motifs is 3. The van der Waals surface area contributed by atoms with E-state index in [4.69, 9.17) is 21.6 Å². The molecule has 168 valence electrons. The molecule has 1 saturated heterocycles. The molecule has 0 radical (unpaired) electrons. The highest BCUT2D eigenvalue weighted by atomic mass is 16.7. The van der Waals surface area contributed by atoms with Crippen molar-refractivity contribution < 1.29 is 24.4 Å². The third-order valence-electron chi connectivity index (χ3n) is 6.56. The van der Waals surface area contributed by atoms with Gasteiger partial charge in [-0.2, -0.15) is 0 Å². The first-order valence-corrected chi connectivity index (χ1v) is 11.0. The maximum absolute atomic E-state index is 9.42. The Kier molecular flexibility index (Phi) is 2.77. The van der Waals surface area contributed by atoms with Crippen molar-refractivity contribution in [3.8, 4) is 16.8 Å². The number of hydrogen-bond acceptors (Lipinski definition) is 2. The van der Waals surface area contributed by atoms with Gasteiger partial charge in [0.15, 0.2) is 0 Å². The molecule has 3 nitrogen and oxygen atoms in total. The Morgan fingerprint density at radius 1 is 0.706 bits per heavy atom. The van der Waals surface area contributed by atoms with E-state index < -0.39 is 72.3 Å². The third-order valence-corrected chi connectivity index (χ3v) is 6.56. The third kappa shape index (κ3) is 3.29. The highest BCUT2D eigenvalue weighted by Gasteiger charge is 2.51. The number of aromatic nitrogens is 1. The van der Waals surface area contributed by atoms with Crippen LogP contribution in [0.5, 0.6) is 0 Å². The van der Waals surface area contributed by atoms with E-state index in [0.717, 1.165) is 4.57 Å². The van der Waals surface area contributed by atoms with Gasteiger partial charge in [0.1, 0.15) is 0 Å². The van der Waals surface area contributed by atoms with Crippen LogP contribution in [0, 0.1) is 0 Å². The largest absolute Gasteiger partial charge is 0.494 e. The molecule has 0 atom stereocenters. The van der Waals surface area contributed by atoms with Gasteiger partial charge in [0.2, 0.25) is 0 Å². The van der Waals surface area contributed by atoms with Crippen molar-refractivity contribution in [2.45, 2.75) is 38.9 Å². The monoisotopic (exact) mass is 456 g/mol. The molecule has 0 saturated carbocycles. The Balaban J connectivity index is 1.89. The molecule has 2 heterocycles. The normalized spacial score (nSPS) is 21.5. The zero-order valence-electron chi connectivity index (χ0n) is 30.2. The lowest BCUT2D eigenvalue weighted by Crippen LogP contribution is -2.41. The fourth-order valence-corrected chi connectivity index (χ4v) is 4.02. The summed E-state index contributed by atoms with van der Waals surface area (Å²) >= 11 is 0. The summed E-state index contributed by atoms with van der Waals surface area (Å²) < 4.78 is 111. The molecule has 0 aliphatic carbocycles. The van der Waals surface area contributed by atoms with E-state index in [1.807, 2.05) is 0 Å². The molecule has 6 rings (SSSR count). The quantitative estimate of drug-likeness (QED) is 0.280. The average Bonchev–Trinajstić information content (AvgIpc) is 3.44. The first-order valence-electron chi connectivity index (χ1n) is 16.5. The second kappa shape index (κ2) is 7.59. The molecule has 34 heavy (non-hydrogen) atoms. The van der Waals surface area contributed by atoms with E-state index >= 15 is 0 Å². The molecule has 0 N–H and O–H groups in total. The van der Waals surface area contributed by atoms with Gasteiger partial charge in [-0.15, -0.1) is 0 Å². The van der Waals surface area contributed by atoms with Crippen LogP contribution in [0.1, 0.15) is 42.8 Å². The smallest absolute Gasteiger partial charge is 0.399 e. The van der Waals surface area contributed by atoms with Crippen molar-refractivity contribution in [3.05, 3.63) is 96.8 Å². The lowest BCUT2D eigenvalue weighted by Gasteiger charge is -2.32. The predicted molar refractivity (Wildman–Crippen MR) is 142 cm³/mol. The molecule has 4 aromatic carbocycles. The highest BCUT2D eigenvalue weighted by Crippen LogP contribution is 2.38. The minimum atomic E-state index is -1.26. The van der Waals surface area contributed by atoms with Crippen LogP contribution in [0.15, 0.2) is 96.8 Å². The van der Waals surface area contributed by atoms with Crippen molar-refractivity contribution in [2.75, 3.05) is 0 Å². The van der Waals surface area contributed by atoms with Gasteiger partial charge in [-0.05, 0) is 68.5 Å². The lowest BCUT2D eigenvalue weighted by atomic mass is 9.79. The standard InChI is InChI=1S/C30H28BNO2/c1-29(2)30(3,4)34-31(33-29)23-16-18-26-25-17-15-22(21-11-7-5-8-12-21)19-27(25)32(28(26)20-23)24-13-9-6-10-14-24/h5-20H,1-4H3/i6D,9D,10D,13D,14D,15D,16D,17D,18D,19D,20D. The van der Waals surface area contributed by atoms with Gasteiger partial charge in [-0.1, -0.05) is 72.6 Å². The Bertz CT molecular complexity index is 2050. The molecule has 0 unspecified atom stereocenters. The van der Waals surface area contributed by atoms with Crippen molar-refractivity contribution >= 4 is 34.4 Å². The zero-order chi connectivity index (χ0) is 33.1. The second-order valence-corrected chi connectivity index (χ2v) is 9.25. The zero-order valence-corrected chi connectivity index (χ0v) is 19.2. The molecule has 4 heteroatoms. The summed E-state index contributed by atoms with van der Waals surface area (Å²) in [6.45, 7) is 7.18. The van der Waals surface area contributed by atoms with Crippen molar-refractivity contribution in [2.24, 2.45) is 0 Å². The van der Waals surface area contributed by atoms with E-state index in [0.29, 0.717) is 5.56 Å². The Morgan fingerprint density at radius 2 is 1.32 bits per heavy atom. The van der Waals surface area contributed by atoms with Crippen LogP contribution in [0.3, 0.4) is 0 Å². The maximum atomic E-state index is 9.42. The topological polar surface area (TPSA) is 23.4 Å². The summed E-state index contributed by atoms with van der Waals surface area (Å²) in [4.78, 5) is 0. The van der Waals surface area contributed by atoms with Gasteiger partial charge < -0.3 is 13.9 Å². The van der Waals surface area contributed by atoms with Crippen molar-refractivity contribution in [3.63, 3.8) is 0 Å². The summed E-state index contributed by atoms with van der Waals surface area (Å²) in [6.07, 6.45) is 0. The van der Waals surface area contributed by atoms with Crippen LogP contribution >= 0.6 is 0 Å². The summed E-state index contributed by atoms with van der Waals surface area (Å²) in [7, 11) is -1.26. The Labute approximate surface area is 216 Å². The minimum absolute atomic E-state index is 0.0554. The van der Waals surface area contributed by atoms with Gasteiger partial charge in [-0.25, -0.2) is 0 Å². The summed E-state index contributed by atoms with van der Waals surface area (Å²) in [5.41, 5.74) is -2.03. The van der Waals surface area contributed by atoms with Crippen molar-refractivity contribution in [1.29, 1.82) is 0 Å².